The molecule has 3 N–H and O–H groups in total. The van der Waals surface area contributed by atoms with Gasteiger partial charge in [0.25, 0.3) is 0 Å². The molecule has 0 aliphatic carbocycles. The average molecular weight is 686 g/mol. The van der Waals surface area contributed by atoms with Crippen LogP contribution in [0.15, 0.2) is 47.4 Å². The number of benzene rings is 2. The van der Waals surface area contributed by atoms with Gasteiger partial charge in [0.15, 0.2) is 0 Å². The molecule has 49 heavy (non-hydrogen) atoms. The van der Waals surface area contributed by atoms with Crippen LogP contribution >= 0.6 is 11.6 Å². The summed E-state index contributed by atoms with van der Waals surface area (Å²) in [4.78, 5) is 55.2. The van der Waals surface area contributed by atoms with Gasteiger partial charge in [-0.15, -0.1) is 0 Å². The number of nitrogens with zero attached hydrogens (tertiary/aromatic N) is 5. The molecular weight excluding hydrogens is 638 g/mol. The van der Waals surface area contributed by atoms with Crippen molar-refractivity contribution in [1.29, 1.82) is 0 Å². The number of amides is 2. The molecule has 3 fully saturated rings. The van der Waals surface area contributed by atoms with Crippen molar-refractivity contribution < 1.29 is 9.59 Å². The fourth-order valence-corrected chi connectivity index (χ4v) is 8.91. The summed E-state index contributed by atoms with van der Waals surface area (Å²) in [6, 6.07) is 11.6. The van der Waals surface area contributed by atoms with Gasteiger partial charge in [-0.1, -0.05) is 35.9 Å². The lowest BCUT2D eigenvalue weighted by Gasteiger charge is -2.40. The predicted octanol–water partition coefficient (Wildman–Crippen LogP) is 5.41. The van der Waals surface area contributed by atoms with Crippen LogP contribution < -0.4 is 11.4 Å². The number of aromatic nitrogens is 3. The number of hydrogen-bond donors (Lipinski definition) is 2. The number of fused-ring (bicyclic) bond motifs is 3. The molecule has 7 rings (SSSR count). The first-order valence-electron chi connectivity index (χ1n) is 17.9. The Balaban J connectivity index is 1.03. The molecule has 0 radical (unpaired) electrons. The average Bonchev–Trinajstić information content (AvgIpc) is 3.46. The zero-order valence-corrected chi connectivity index (χ0v) is 29.4. The fourth-order valence-electron chi connectivity index (χ4n) is 8.62. The van der Waals surface area contributed by atoms with E-state index in [9.17, 15) is 14.4 Å². The predicted molar refractivity (Wildman–Crippen MR) is 195 cm³/mol. The second-order valence-corrected chi connectivity index (χ2v) is 15.1. The Hall–Kier alpha value is -3.89. The van der Waals surface area contributed by atoms with Crippen LogP contribution in [-0.2, 0) is 16.0 Å². The molecule has 0 saturated carbocycles. The molecule has 5 heterocycles. The maximum absolute atomic E-state index is 14.2. The van der Waals surface area contributed by atoms with Crippen LogP contribution in [0.2, 0.25) is 5.02 Å². The van der Waals surface area contributed by atoms with Crippen LogP contribution in [-0.4, -0.2) is 87.4 Å². The number of carbonyl (C=O) groups is 2. The number of halogens is 1. The zero-order valence-electron chi connectivity index (χ0n) is 28.7. The molecule has 11 heteroatoms. The SMILES string of the molecule is Cc1cc(C[C@@H](CC(=O)N2CCC(n3c(=O)[nH]c4c5ccccc5ncc43)CC2)C(=O)N2CCC(C3CCN(C)CC3)CC2)cc(Cl)c1N. The van der Waals surface area contributed by atoms with Crippen LogP contribution in [0.3, 0.4) is 0 Å². The van der Waals surface area contributed by atoms with E-state index in [1.807, 2.05) is 57.7 Å². The topological polar surface area (TPSA) is 121 Å². The van der Waals surface area contributed by atoms with Gasteiger partial charge >= 0.3 is 5.69 Å². The summed E-state index contributed by atoms with van der Waals surface area (Å²) in [5, 5.41) is 1.40. The lowest BCUT2D eigenvalue weighted by molar-refractivity contribution is -0.143. The lowest BCUT2D eigenvalue weighted by Crippen LogP contribution is -2.46. The number of H-pyrrole nitrogens is 1. The van der Waals surface area contributed by atoms with Crippen LogP contribution in [0.25, 0.3) is 21.9 Å². The molecule has 0 unspecified atom stereocenters. The molecule has 3 aliphatic heterocycles. The number of nitrogen functional groups attached to an aromatic ring is 1. The highest BCUT2D eigenvalue weighted by Gasteiger charge is 2.35. The van der Waals surface area contributed by atoms with Gasteiger partial charge in [-0.3, -0.25) is 19.1 Å². The molecular formula is C38H48ClN7O3. The maximum atomic E-state index is 14.2. The molecule has 3 aliphatic rings. The van der Waals surface area contributed by atoms with E-state index in [-0.39, 0.29) is 30.0 Å². The number of imidazole rings is 1. The van der Waals surface area contributed by atoms with E-state index in [2.05, 4.69) is 21.9 Å². The molecule has 260 valence electrons. The fraction of sp³-hybridized carbons (Fsp3) is 0.526. The van der Waals surface area contributed by atoms with E-state index in [4.69, 9.17) is 17.3 Å². The largest absolute Gasteiger partial charge is 0.397 e. The minimum atomic E-state index is -0.486. The summed E-state index contributed by atoms with van der Waals surface area (Å²) in [5.41, 5.74) is 10.7. The second kappa shape index (κ2) is 14.2. The number of nitrogens with two attached hydrogens (primary N) is 1. The molecule has 0 bridgehead atoms. The van der Waals surface area contributed by atoms with Crippen molar-refractivity contribution in [2.45, 2.75) is 64.3 Å². The first-order valence-corrected chi connectivity index (χ1v) is 18.3. The molecule has 1 atom stereocenters. The summed E-state index contributed by atoms with van der Waals surface area (Å²) in [5.74, 6) is 0.956. The lowest BCUT2D eigenvalue weighted by atomic mass is 9.78. The Morgan fingerprint density at radius 2 is 1.61 bits per heavy atom. The van der Waals surface area contributed by atoms with Crippen molar-refractivity contribution in [2.75, 3.05) is 52.0 Å². The van der Waals surface area contributed by atoms with Gasteiger partial charge in [0.05, 0.1) is 39.4 Å². The van der Waals surface area contributed by atoms with Crippen molar-refractivity contribution in [2.24, 2.45) is 17.8 Å². The molecule has 4 aromatic rings. The van der Waals surface area contributed by atoms with Crippen molar-refractivity contribution in [3.05, 3.63) is 69.2 Å². The Kier molecular flexibility index (Phi) is 9.70. The highest BCUT2D eigenvalue weighted by atomic mass is 35.5. The smallest absolute Gasteiger partial charge is 0.326 e. The van der Waals surface area contributed by atoms with Crippen LogP contribution in [0.1, 0.15) is 62.1 Å². The number of aromatic amines is 1. The summed E-state index contributed by atoms with van der Waals surface area (Å²) in [6.45, 7) is 6.78. The van der Waals surface area contributed by atoms with Gasteiger partial charge < -0.3 is 25.4 Å². The third-order valence-electron chi connectivity index (χ3n) is 11.6. The molecule has 2 aromatic carbocycles. The van der Waals surface area contributed by atoms with Crippen LogP contribution in [0, 0.1) is 24.7 Å². The Morgan fingerprint density at radius 1 is 0.959 bits per heavy atom. The van der Waals surface area contributed by atoms with Crippen molar-refractivity contribution in [3.8, 4) is 0 Å². The van der Waals surface area contributed by atoms with Gasteiger partial charge in [-0.2, -0.15) is 0 Å². The van der Waals surface area contributed by atoms with Crippen LogP contribution in [0.5, 0.6) is 0 Å². The number of pyridine rings is 1. The molecule has 3 saturated heterocycles. The van der Waals surface area contributed by atoms with Gasteiger partial charge in [0.2, 0.25) is 11.8 Å². The highest BCUT2D eigenvalue weighted by molar-refractivity contribution is 6.33. The number of aryl methyl sites for hydroxylation is 1. The van der Waals surface area contributed by atoms with Gasteiger partial charge in [0.1, 0.15) is 0 Å². The van der Waals surface area contributed by atoms with E-state index in [0.29, 0.717) is 49.0 Å². The number of anilines is 1. The number of piperidine rings is 3. The minimum absolute atomic E-state index is 0.0183. The number of para-hydroxylation sites is 1. The van der Waals surface area contributed by atoms with Crippen LogP contribution in [0.4, 0.5) is 5.69 Å². The Morgan fingerprint density at radius 3 is 2.31 bits per heavy atom. The zero-order chi connectivity index (χ0) is 34.2. The number of hydrogen-bond acceptors (Lipinski definition) is 6. The van der Waals surface area contributed by atoms with E-state index >= 15 is 0 Å². The third-order valence-corrected chi connectivity index (χ3v) is 11.9. The van der Waals surface area contributed by atoms with Crippen molar-refractivity contribution >= 4 is 51.0 Å². The summed E-state index contributed by atoms with van der Waals surface area (Å²) in [6.07, 6.45) is 8.18. The van der Waals surface area contributed by atoms with E-state index in [0.717, 1.165) is 78.0 Å². The Labute approximate surface area is 292 Å². The number of carbonyl (C=O) groups excluding carboxylic acids is 2. The monoisotopic (exact) mass is 685 g/mol. The summed E-state index contributed by atoms with van der Waals surface area (Å²) < 4.78 is 1.81. The first kappa shape index (κ1) is 33.6. The number of likely N-dealkylation sites (tertiary alicyclic amines) is 3. The maximum Gasteiger partial charge on any atom is 0.326 e. The quantitative estimate of drug-likeness (QED) is 0.251. The summed E-state index contributed by atoms with van der Waals surface area (Å²) >= 11 is 6.46. The standard InChI is InChI=1S/C38H48ClN7O3/c1-24-19-25(21-31(39)35(24)40)20-28(37(48)45-15-9-27(10-16-45)26-7-13-43(2)14-8-26)22-34(47)44-17-11-29(12-18-44)46-33-23-41-32-6-4-3-5-30(32)36(33)42-38(46)49/h3-6,19,21,23,26-29H,7-18,20,22,40H2,1-2H3,(H,42,49)/t28-/m0/s1. The van der Waals surface area contributed by atoms with Gasteiger partial charge in [-0.05, 0) is 107 Å². The molecule has 10 nitrogen and oxygen atoms in total. The number of nitrogens with one attached hydrogen (secondary N) is 1. The third kappa shape index (κ3) is 6.95. The Bertz CT molecular complexity index is 1870. The highest BCUT2D eigenvalue weighted by Crippen LogP contribution is 2.34. The first-order chi connectivity index (χ1) is 23.7. The normalized spacial score (nSPS) is 19.6. The van der Waals surface area contributed by atoms with Gasteiger partial charge in [0, 0.05) is 44.0 Å². The molecule has 2 aromatic heterocycles. The number of rotatable bonds is 7. The van der Waals surface area contributed by atoms with E-state index < -0.39 is 5.92 Å². The van der Waals surface area contributed by atoms with E-state index in [1.54, 1.807) is 6.20 Å². The summed E-state index contributed by atoms with van der Waals surface area (Å²) in [7, 11) is 2.20. The van der Waals surface area contributed by atoms with Crippen molar-refractivity contribution in [3.63, 3.8) is 0 Å². The van der Waals surface area contributed by atoms with Gasteiger partial charge in [-0.25, -0.2) is 4.79 Å². The minimum Gasteiger partial charge on any atom is -0.397 e. The van der Waals surface area contributed by atoms with Crippen molar-refractivity contribution in [1.82, 2.24) is 29.2 Å². The van der Waals surface area contributed by atoms with E-state index in [1.165, 1.54) is 12.8 Å². The second-order valence-electron chi connectivity index (χ2n) is 14.7. The molecule has 2 amide bonds. The molecule has 0 spiro atoms.